The SMILES string of the molecule is CN(Cc1cccc(C(=O)NN)n1)c1ccccc1. The molecule has 1 heterocycles. The molecule has 1 amide bonds. The van der Waals surface area contributed by atoms with Crippen molar-refractivity contribution in [2.45, 2.75) is 6.54 Å². The first kappa shape index (κ1) is 13.0. The number of hydrogen-bond donors (Lipinski definition) is 2. The smallest absolute Gasteiger partial charge is 0.283 e. The quantitative estimate of drug-likeness (QED) is 0.492. The van der Waals surface area contributed by atoms with Crippen molar-refractivity contribution in [3.05, 3.63) is 59.9 Å². The van der Waals surface area contributed by atoms with E-state index in [9.17, 15) is 4.79 Å². The van der Waals surface area contributed by atoms with Crippen molar-refractivity contribution in [2.24, 2.45) is 5.84 Å². The standard InChI is InChI=1S/C14H16N4O/c1-18(12-7-3-2-4-8-12)10-11-6-5-9-13(16-11)14(19)17-15/h2-9H,10,15H2,1H3,(H,17,19). The van der Waals surface area contributed by atoms with Crippen LogP contribution in [0.1, 0.15) is 16.2 Å². The van der Waals surface area contributed by atoms with Crippen LogP contribution in [0.3, 0.4) is 0 Å². The molecule has 3 N–H and O–H groups in total. The lowest BCUT2D eigenvalue weighted by Crippen LogP contribution is -2.31. The maximum absolute atomic E-state index is 11.4. The lowest BCUT2D eigenvalue weighted by atomic mass is 10.2. The maximum atomic E-state index is 11.4. The molecule has 98 valence electrons. The van der Waals surface area contributed by atoms with Crippen LogP contribution in [0.2, 0.25) is 0 Å². The maximum Gasteiger partial charge on any atom is 0.283 e. The largest absolute Gasteiger partial charge is 0.369 e. The monoisotopic (exact) mass is 256 g/mol. The highest BCUT2D eigenvalue weighted by atomic mass is 16.2. The Morgan fingerprint density at radius 3 is 2.63 bits per heavy atom. The minimum absolute atomic E-state index is 0.321. The molecule has 0 saturated carbocycles. The van der Waals surface area contributed by atoms with Gasteiger partial charge in [-0.2, -0.15) is 0 Å². The van der Waals surface area contributed by atoms with Crippen LogP contribution in [0.5, 0.6) is 0 Å². The molecular formula is C14H16N4O. The number of nitrogens with one attached hydrogen (secondary N) is 1. The number of anilines is 1. The van der Waals surface area contributed by atoms with Gasteiger partial charge in [0.05, 0.1) is 12.2 Å². The third-order valence-electron chi connectivity index (χ3n) is 2.77. The average molecular weight is 256 g/mol. The fraction of sp³-hybridized carbons (Fsp3) is 0.143. The van der Waals surface area contributed by atoms with E-state index in [4.69, 9.17) is 5.84 Å². The molecule has 0 radical (unpaired) electrons. The van der Waals surface area contributed by atoms with Crippen LogP contribution >= 0.6 is 0 Å². The van der Waals surface area contributed by atoms with Crippen molar-refractivity contribution >= 4 is 11.6 Å². The molecule has 1 aromatic carbocycles. The lowest BCUT2D eigenvalue weighted by molar-refractivity contribution is 0.0948. The highest BCUT2D eigenvalue weighted by Crippen LogP contribution is 2.13. The van der Waals surface area contributed by atoms with E-state index in [1.807, 2.05) is 43.4 Å². The van der Waals surface area contributed by atoms with Crippen molar-refractivity contribution in [1.29, 1.82) is 0 Å². The number of carbonyl (C=O) groups is 1. The Bertz CT molecular complexity index is 556. The Hall–Kier alpha value is -2.40. The molecule has 0 aliphatic heterocycles. The summed E-state index contributed by atoms with van der Waals surface area (Å²) in [6, 6.07) is 15.3. The number of nitrogen functional groups attached to an aromatic ring is 1. The van der Waals surface area contributed by atoms with Crippen LogP contribution in [-0.4, -0.2) is 17.9 Å². The fourth-order valence-electron chi connectivity index (χ4n) is 1.78. The number of nitrogens with two attached hydrogens (primary N) is 1. The van der Waals surface area contributed by atoms with Crippen molar-refractivity contribution in [2.75, 3.05) is 11.9 Å². The molecule has 0 fully saturated rings. The van der Waals surface area contributed by atoms with E-state index in [0.29, 0.717) is 12.2 Å². The molecule has 19 heavy (non-hydrogen) atoms. The molecule has 5 nitrogen and oxygen atoms in total. The first-order valence-electron chi connectivity index (χ1n) is 5.94. The van der Waals surface area contributed by atoms with E-state index in [1.165, 1.54) is 0 Å². The molecule has 0 aliphatic carbocycles. The Kier molecular flexibility index (Phi) is 4.10. The average Bonchev–Trinajstić information content (AvgIpc) is 2.47. The summed E-state index contributed by atoms with van der Waals surface area (Å²) in [6.07, 6.45) is 0. The van der Waals surface area contributed by atoms with Crippen molar-refractivity contribution in [1.82, 2.24) is 10.4 Å². The summed E-state index contributed by atoms with van der Waals surface area (Å²) in [5.74, 6) is 4.71. The summed E-state index contributed by atoms with van der Waals surface area (Å²) in [7, 11) is 1.98. The second-order valence-electron chi connectivity index (χ2n) is 4.18. The number of benzene rings is 1. The van der Waals surface area contributed by atoms with Gasteiger partial charge in [0.2, 0.25) is 0 Å². The van der Waals surface area contributed by atoms with Gasteiger partial charge in [-0.1, -0.05) is 24.3 Å². The lowest BCUT2D eigenvalue weighted by Gasteiger charge is -2.18. The first-order valence-corrected chi connectivity index (χ1v) is 5.94. The fourth-order valence-corrected chi connectivity index (χ4v) is 1.78. The topological polar surface area (TPSA) is 71.2 Å². The molecule has 0 aliphatic rings. The Morgan fingerprint density at radius 2 is 1.95 bits per heavy atom. The minimum atomic E-state index is -0.385. The third-order valence-corrected chi connectivity index (χ3v) is 2.77. The first-order chi connectivity index (χ1) is 9.20. The van der Waals surface area contributed by atoms with Gasteiger partial charge < -0.3 is 4.90 Å². The number of amides is 1. The highest BCUT2D eigenvalue weighted by Gasteiger charge is 2.07. The number of hydrazine groups is 1. The van der Waals surface area contributed by atoms with Crippen LogP contribution < -0.4 is 16.2 Å². The van der Waals surface area contributed by atoms with Gasteiger partial charge in [-0.05, 0) is 24.3 Å². The molecule has 1 aromatic heterocycles. The molecule has 5 heteroatoms. The van der Waals surface area contributed by atoms with Crippen LogP contribution in [0, 0.1) is 0 Å². The molecular weight excluding hydrogens is 240 g/mol. The van der Waals surface area contributed by atoms with Gasteiger partial charge in [0.25, 0.3) is 5.91 Å². The highest BCUT2D eigenvalue weighted by molar-refractivity contribution is 5.91. The summed E-state index contributed by atoms with van der Waals surface area (Å²) >= 11 is 0. The second-order valence-corrected chi connectivity index (χ2v) is 4.18. The predicted molar refractivity (Wildman–Crippen MR) is 74.4 cm³/mol. The Labute approximate surface area is 112 Å². The van der Waals surface area contributed by atoms with E-state index in [1.54, 1.807) is 12.1 Å². The molecule has 0 unspecified atom stereocenters. The molecule has 2 aromatic rings. The molecule has 2 rings (SSSR count). The van der Waals surface area contributed by atoms with Crippen LogP contribution in [-0.2, 0) is 6.54 Å². The van der Waals surface area contributed by atoms with E-state index in [-0.39, 0.29) is 5.91 Å². The molecule has 0 atom stereocenters. The van der Waals surface area contributed by atoms with E-state index in [0.717, 1.165) is 11.4 Å². The van der Waals surface area contributed by atoms with E-state index >= 15 is 0 Å². The zero-order valence-corrected chi connectivity index (χ0v) is 10.7. The number of carbonyl (C=O) groups excluding carboxylic acids is 1. The zero-order chi connectivity index (χ0) is 13.7. The van der Waals surface area contributed by atoms with Crippen LogP contribution in [0.15, 0.2) is 48.5 Å². The minimum Gasteiger partial charge on any atom is -0.369 e. The Morgan fingerprint density at radius 1 is 1.21 bits per heavy atom. The van der Waals surface area contributed by atoms with Crippen molar-refractivity contribution in [3.8, 4) is 0 Å². The summed E-state index contributed by atoms with van der Waals surface area (Å²) in [6.45, 7) is 0.621. The van der Waals surface area contributed by atoms with Gasteiger partial charge in [-0.3, -0.25) is 10.2 Å². The number of aromatic nitrogens is 1. The summed E-state index contributed by atoms with van der Waals surface area (Å²) in [4.78, 5) is 17.7. The Balaban J connectivity index is 2.13. The number of pyridine rings is 1. The third kappa shape index (κ3) is 3.29. The van der Waals surface area contributed by atoms with Gasteiger partial charge in [0.15, 0.2) is 0 Å². The number of nitrogens with zero attached hydrogens (tertiary/aromatic N) is 2. The van der Waals surface area contributed by atoms with Gasteiger partial charge >= 0.3 is 0 Å². The second kappa shape index (κ2) is 5.97. The normalized spacial score (nSPS) is 10.0. The van der Waals surface area contributed by atoms with Crippen LogP contribution in [0.4, 0.5) is 5.69 Å². The van der Waals surface area contributed by atoms with Gasteiger partial charge in [0, 0.05) is 12.7 Å². The zero-order valence-electron chi connectivity index (χ0n) is 10.7. The number of rotatable bonds is 4. The van der Waals surface area contributed by atoms with Gasteiger partial charge in [-0.25, -0.2) is 10.8 Å². The molecule has 0 bridgehead atoms. The summed E-state index contributed by atoms with van der Waals surface area (Å²) < 4.78 is 0. The number of hydrogen-bond acceptors (Lipinski definition) is 4. The molecule has 0 spiro atoms. The van der Waals surface area contributed by atoms with E-state index < -0.39 is 0 Å². The van der Waals surface area contributed by atoms with Crippen molar-refractivity contribution in [3.63, 3.8) is 0 Å². The predicted octanol–water partition coefficient (Wildman–Crippen LogP) is 1.32. The van der Waals surface area contributed by atoms with Gasteiger partial charge in [0.1, 0.15) is 5.69 Å². The molecule has 0 saturated heterocycles. The van der Waals surface area contributed by atoms with E-state index in [2.05, 4.69) is 15.3 Å². The van der Waals surface area contributed by atoms with Crippen molar-refractivity contribution < 1.29 is 4.79 Å². The summed E-state index contributed by atoms with van der Waals surface area (Å²) in [5.41, 5.74) is 4.31. The number of para-hydroxylation sites is 1. The van der Waals surface area contributed by atoms with Gasteiger partial charge in [-0.15, -0.1) is 0 Å². The summed E-state index contributed by atoms with van der Waals surface area (Å²) in [5, 5.41) is 0. The van der Waals surface area contributed by atoms with Crippen LogP contribution in [0.25, 0.3) is 0 Å².